The van der Waals surface area contributed by atoms with Crippen LogP contribution in [-0.4, -0.2) is 60.9 Å². The molecule has 3 saturated carbocycles. The number of hydrogen-bond donors (Lipinski definition) is 4. The molecule has 5 atom stereocenters. The topological polar surface area (TPSA) is 138 Å². The normalized spacial score (nSPS) is 30.3. The van der Waals surface area contributed by atoms with Crippen molar-refractivity contribution in [2.75, 3.05) is 12.4 Å². The summed E-state index contributed by atoms with van der Waals surface area (Å²) in [5.74, 6) is 6.79. The molecule has 1 amide bonds. The molecule has 2 unspecified atom stereocenters. The van der Waals surface area contributed by atoms with Gasteiger partial charge in [-0.2, -0.15) is 0 Å². The number of aliphatic hydroxyl groups is 2. The Morgan fingerprint density at radius 3 is 2.85 bits per heavy atom. The Morgan fingerprint density at radius 2 is 2.15 bits per heavy atom. The predicted octanol–water partition coefficient (Wildman–Crippen LogP) is 0.812. The van der Waals surface area contributed by atoms with E-state index in [9.17, 15) is 15.0 Å². The van der Waals surface area contributed by atoms with Crippen molar-refractivity contribution in [2.24, 2.45) is 11.3 Å². The van der Waals surface area contributed by atoms with Gasteiger partial charge < -0.3 is 29.8 Å². The molecule has 3 aliphatic carbocycles. The van der Waals surface area contributed by atoms with Gasteiger partial charge in [0.05, 0.1) is 30.2 Å². The molecule has 0 aliphatic heterocycles. The van der Waals surface area contributed by atoms with Crippen molar-refractivity contribution in [3.05, 3.63) is 36.3 Å². The number of aromatic nitrogens is 4. The molecular formula is C23H24N6O4. The van der Waals surface area contributed by atoms with Crippen LogP contribution >= 0.6 is 0 Å². The SMILES string of the molecule is CNC(=O)[C@]12CC1[C@@H](n1cnc3c(NC4CCC4)nc(C#Cc4ccco4)nc31)C(O)[C@@H]2O. The second-order valence-electron chi connectivity index (χ2n) is 9.08. The highest BCUT2D eigenvalue weighted by Crippen LogP contribution is 2.67. The summed E-state index contributed by atoms with van der Waals surface area (Å²) in [6, 6.07) is 3.31. The Labute approximate surface area is 189 Å². The highest BCUT2D eigenvalue weighted by atomic mass is 16.3. The van der Waals surface area contributed by atoms with Gasteiger partial charge in [-0.1, -0.05) is 0 Å². The molecule has 3 fully saturated rings. The maximum Gasteiger partial charge on any atom is 0.229 e. The number of anilines is 1. The number of fused-ring (bicyclic) bond motifs is 2. The van der Waals surface area contributed by atoms with Gasteiger partial charge >= 0.3 is 0 Å². The van der Waals surface area contributed by atoms with E-state index >= 15 is 0 Å². The van der Waals surface area contributed by atoms with E-state index in [2.05, 4.69) is 37.4 Å². The molecular weight excluding hydrogens is 424 g/mol. The lowest BCUT2D eigenvalue weighted by Gasteiger charge is -2.27. The second-order valence-corrected chi connectivity index (χ2v) is 9.08. The average molecular weight is 448 g/mol. The largest absolute Gasteiger partial charge is 0.456 e. The number of carbonyl (C=O) groups excluding carboxylic acids is 1. The van der Waals surface area contributed by atoms with Crippen molar-refractivity contribution < 1.29 is 19.4 Å². The fourth-order valence-electron chi connectivity index (χ4n) is 5.29. The monoisotopic (exact) mass is 448 g/mol. The maximum atomic E-state index is 12.5. The van der Waals surface area contributed by atoms with Crippen LogP contribution in [0.2, 0.25) is 0 Å². The first-order valence-electron chi connectivity index (χ1n) is 11.2. The molecule has 10 nitrogen and oxygen atoms in total. The minimum atomic E-state index is -1.16. The van der Waals surface area contributed by atoms with E-state index in [-0.39, 0.29) is 11.8 Å². The first-order chi connectivity index (χ1) is 16.0. The molecule has 170 valence electrons. The molecule has 0 radical (unpaired) electrons. The predicted molar refractivity (Wildman–Crippen MR) is 117 cm³/mol. The van der Waals surface area contributed by atoms with Crippen molar-refractivity contribution in [1.29, 1.82) is 0 Å². The number of rotatable bonds is 4. The number of nitrogens with zero attached hydrogens (tertiary/aromatic N) is 4. The molecule has 6 rings (SSSR count). The standard InChI is InChI=1S/C23H24N6O4/c1-24-22(32)23-10-14(23)17(18(30)19(23)31)29-11-25-16-20(26-12-4-2-5-12)27-15(28-21(16)29)8-7-13-6-3-9-33-13/h3,6,9,11-12,14,17-19,30-31H,2,4-5,10H2,1H3,(H,24,32)(H,26,27,28)/t14?,17-,18?,19+,23-/m1/s1. The van der Waals surface area contributed by atoms with Crippen molar-refractivity contribution in [1.82, 2.24) is 24.8 Å². The highest BCUT2D eigenvalue weighted by Gasteiger charge is 2.75. The van der Waals surface area contributed by atoms with Crippen LogP contribution in [0, 0.1) is 23.2 Å². The molecule has 3 aromatic rings. The third kappa shape index (κ3) is 2.96. The fraction of sp³-hybridized carbons (Fsp3) is 0.478. The molecule has 3 aliphatic rings. The Bertz CT molecular complexity index is 1290. The van der Waals surface area contributed by atoms with Crippen molar-refractivity contribution in [3.63, 3.8) is 0 Å². The minimum absolute atomic E-state index is 0.212. The van der Waals surface area contributed by atoms with Crippen molar-refractivity contribution in [3.8, 4) is 11.8 Å². The van der Waals surface area contributed by atoms with Crippen molar-refractivity contribution in [2.45, 2.75) is 50.0 Å². The molecule has 3 heterocycles. The molecule has 3 aromatic heterocycles. The van der Waals surface area contributed by atoms with Gasteiger partial charge in [-0.15, -0.1) is 0 Å². The van der Waals surface area contributed by atoms with Gasteiger partial charge in [0.1, 0.15) is 6.10 Å². The number of hydrogen-bond acceptors (Lipinski definition) is 8. The molecule has 0 saturated heterocycles. The van der Waals surface area contributed by atoms with E-state index in [0.29, 0.717) is 41.0 Å². The number of amides is 1. The lowest BCUT2D eigenvalue weighted by molar-refractivity contribution is -0.132. The number of aliphatic hydroxyl groups excluding tert-OH is 2. The Balaban J connectivity index is 1.43. The lowest BCUT2D eigenvalue weighted by Crippen LogP contribution is -2.41. The van der Waals surface area contributed by atoms with Gasteiger partial charge in [0, 0.05) is 19.0 Å². The first kappa shape index (κ1) is 20.2. The number of carbonyl (C=O) groups is 1. The van der Waals surface area contributed by atoms with E-state index in [1.807, 2.05) is 0 Å². The third-order valence-electron chi connectivity index (χ3n) is 7.33. The zero-order chi connectivity index (χ0) is 22.7. The van der Waals surface area contributed by atoms with Crippen LogP contribution in [0.4, 0.5) is 5.82 Å². The number of nitrogens with one attached hydrogen (secondary N) is 2. The van der Waals surface area contributed by atoms with Gasteiger partial charge in [0.15, 0.2) is 22.7 Å². The van der Waals surface area contributed by atoms with Crippen LogP contribution in [0.25, 0.3) is 11.2 Å². The zero-order valence-electron chi connectivity index (χ0n) is 18.0. The smallest absolute Gasteiger partial charge is 0.229 e. The molecule has 4 N–H and O–H groups in total. The molecule has 10 heteroatoms. The van der Waals surface area contributed by atoms with E-state index in [1.54, 1.807) is 36.3 Å². The molecule has 0 aromatic carbocycles. The van der Waals surface area contributed by atoms with Gasteiger partial charge in [0.25, 0.3) is 0 Å². The van der Waals surface area contributed by atoms with E-state index in [0.717, 1.165) is 12.8 Å². The Hall–Kier alpha value is -3.42. The summed E-state index contributed by atoms with van der Waals surface area (Å²) in [6.45, 7) is 0. The maximum absolute atomic E-state index is 12.5. The Morgan fingerprint density at radius 1 is 1.30 bits per heavy atom. The van der Waals surface area contributed by atoms with Crippen LogP contribution in [0.5, 0.6) is 0 Å². The van der Waals surface area contributed by atoms with Crippen LogP contribution < -0.4 is 10.6 Å². The van der Waals surface area contributed by atoms with Crippen LogP contribution in [0.3, 0.4) is 0 Å². The second kappa shape index (κ2) is 7.30. The number of furan rings is 1. The quantitative estimate of drug-likeness (QED) is 0.430. The minimum Gasteiger partial charge on any atom is -0.456 e. The zero-order valence-corrected chi connectivity index (χ0v) is 18.0. The van der Waals surface area contributed by atoms with Crippen LogP contribution in [-0.2, 0) is 4.79 Å². The summed E-state index contributed by atoms with van der Waals surface area (Å²) in [6.07, 6.45) is 4.67. The fourth-order valence-corrected chi connectivity index (χ4v) is 5.29. The van der Waals surface area contributed by atoms with E-state index < -0.39 is 23.7 Å². The summed E-state index contributed by atoms with van der Waals surface area (Å²) in [7, 11) is 1.54. The summed E-state index contributed by atoms with van der Waals surface area (Å²) in [5.41, 5.74) is 0.105. The van der Waals surface area contributed by atoms with Gasteiger partial charge in [0.2, 0.25) is 11.7 Å². The van der Waals surface area contributed by atoms with Crippen molar-refractivity contribution >= 4 is 22.9 Å². The van der Waals surface area contributed by atoms with Crippen LogP contribution in [0.1, 0.15) is 43.3 Å². The van der Waals surface area contributed by atoms with Gasteiger partial charge in [-0.25, -0.2) is 15.0 Å². The summed E-state index contributed by atoms with van der Waals surface area (Å²) >= 11 is 0. The summed E-state index contributed by atoms with van der Waals surface area (Å²) < 4.78 is 7.04. The van der Waals surface area contributed by atoms with E-state index in [4.69, 9.17) is 4.42 Å². The average Bonchev–Trinajstić information content (AvgIpc) is 3.07. The Kier molecular flexibility index (Phi) is 4.47. The highest BCUT2D eigenvalue weighted by molar-refractivity contribution is 5.88. The number of imidazole rings is 1. The summed E-state index contributed by atoms with van der Waals surface area (Å²) in [5, 5.41) is 27.7. The first-order valence-corrected chi connectivity index (χ1v) is 11.2. The van der Waals surface area contributed by atoms with Gasteiger partial charge in [-0.05, 0) is 49.7 Å². The van der Waals surface area contributed by atoms with Gasteiger partial charge in [-0.3, -0.25) is 4.79 Å². The molecule has 0 spiro atoms. The van der Waals surface area contributed by atoms with Crippen LogP contribution in [0.15, 0.2) is 29.1 Å². The molecule has 0 bridgehead atoms. The lowest BCUT2D eigenvalue weighted by atomic mass is 9.93. The third-order valence-corrected chi connectivity index (χ3v) is 7.33. The molecule has 33 heavy (non-hydrogen) atoms. The summed E-state index contributed by atoms with van der Waals surface area (Å²) in [4.78, 5) is 26.3. The van der Waals surface area contributed by atoms with E-state index in [1.165, 1.54) is 6.42 Å².